The van der Waals surface area contributed by atoms with Crippen molar-refractivity contribution in [2.75, 3.05) is 18.9 Å². The number of hydrogen-bond donors (Lipinski definition) is 1. The molecule has 0 heterocycles. The molecule has 9 heteroatoms. The van der Waals surface area contributed by atoms with Gasteiger partial charge in [0.05, 0.1) is 6.61 Å². The van der Waals surface area contributed by atoms with Gasteiger partial charge in [0, 0.05) is 30.9 Å². The number of carbonyl (C=O) groups excluding carboxylic acids is 3. The second-order valence-corrected chi connectivity index (χ2v) is 7.18. The first-order valence-electron chi connectivity index (χ1n) is 9.17. The lowest BCUT2D eigenvalue weighted by Crippen LogP contribution is -2.23. The largest absolute Gasteiger partial charge is 0.462 e. The molecular weight excluding hydrogens is 416 g/mol. The maximum atomic E-state index is 14.1. The van der Waals surface area contributed by atoms with Crippen molar-refractivity contribution in [3.63, 3.8) is 0 Å². The van der Waals surface area contributed by atoms with Crippen LogP contribution >= 0.6 is 11.8 Å². The highest BCUT2D eigenvalue weighted by molar-refractivity contribution is 8.13. The third-order valence-corrected chi connectivity index (χ3v) is 4.50. The lowest BCUT2D eigenvalue weighted by atomic mass is 10.0. The number of nitrogens with one attached hydrogen (secondary N) is 1. The van der Waals surface area contributed by atoms with Gasteiger partial charge in [-0.05, 0) is 48.0 Å². The molecule has 2 rings (SSSR count). The molecule has 0 radical (unpaired) electrons. The lowest BCUT2D eigenvalue weighted by molar-refractivity contribution is -0.118. The quantitative estimate of drug-likeness (QED) is 0.481. The Bertz CT molecular complexity index is 936. The van der Waals surface area contributed by atoms with E-state index in [1.54, 1.807) is 0 Å². The van der Waals surface area contributed by atoms with Crippen LogP contribution in [-0.4, -0.2) is 36.1 Å². The third-order valence-electron chi connectivity index (χ3n) is 3.77. The van der Waals surface area contributed by atoms with E-state index in [4.69, 9.17) is 9.47 Å². The van der Waals surface area contributed by atoms with E-state index < -0.39 is 22.9 Å². The number of benzene rings is 2. The molecule has 160 valence electrons. The summed E-state index contributed by atoms with van der Waals surface area (Å²) in [7, 11) is 0. The van der Waals surface area contributed by atoms with Crippen LogP contribution in [0.15, 0.2) is 36.4 Å². The van der Waals surface area contributed by atoms with Crippen molar-refractivity contribution in [1.82, 2.24) is 5.32 Å². The van der Waals surface area contributed by atoms with Crippen LogP contribution in [0.2, 0.25) is 0 Å². The Kier molecular flexibility index (Phi) is 8.79. The molecule has 0 fully saturated rings. The number of ether oxygens (including phenoxy) is 2. The highest BCUT2D eigenvalue weighted by Crippen LogP contribution is 2.30. The number of halogens is 2. The van der Waals surface area contributed by atoms with Crippen molar-refractivity contribution in [2.45, 2.75) is 20.3 Å². The fraction of sp³-hybridized carbons (Fsp3) is 0.286. The maximum Gasteiger partial charge on any atom is 0.372 e. The monoisotopic (exact) mass is 437 g/mol. The molecular formula is C21H21F2NO5S. The van der Waals surface area contributed by atoms with Gasteiger partial charge < -0.3 is 14.8 Å². The topological polar surface area (TPSA) is 81.7 Å². The Morgan fingerprint density at radius 2 is 1.87 bits per heavy atom. The zero-order valence-corrected chi connectivity index (χ0v) is 17.3. The first-order valence-corrected chi connectivity index (χ1v) is 10.2. The summed E-state index contributed by atoms with van der Waals surface area (Å²) < 4.78 is 37.7. The fourth-order valence-corrected chi connectivity index (χ4v) is 2.94. The van der Waals surface area contributed by atoms with Crippen LogP contribution in [0.1, 0.15) is 30.6 Å². The number of esters is 1. The molecule has 6 nitrogen and oxygen atoms in total. The van der Waals surface area contributed by atoms with E-state index in [0.29, 0.717) is 12.0 Å². The fourth-order valence-electron chi connectivity index (χ4n) is 2.42. The summed E-state index contributed by atoms with van der Waals surface area (Å²) in [6, 6.07) is 7.24. The van der Waals surface area contributed by atoms with Crippen LogP contribution in [0.5, 0.6) is 5.75 Å². The summed E-state index contributed by atoms with van der Waals surface area (Å²) in [5.41, 5.74) is 0.332. The van der Waals surface area contributed by atoms with Gasteiger partial charge in [0.2, 0.25) is 5.91 Å². The van der Waals surface area contributed by atoms with Crippen LogP contribution in [-0.2, 0) is 9.53 Å². The molecule has 1 amide bonds. The standard InChI is InChI=1S/C21H21F2NO5S/c1-3-9-28-20(26)17-11-14(16-6-5-15(22)12-18(16)23)4-7-19(17)29-21(27)30-10-8-24-13(2)25/h4-7,11-12H,3,8-10H2,1-2H3,(H,24,25). The first kappa shape index (κ1) is 23.3. The van der Waals surface area contributed by atoms with Crippen molar-refractivity contribution in [2.24, 2.45) is 0 Å². The molecule has 0 saturated carbocycles. The van der Waals surface area contributed by atoms with Crippen LogP contribution in [0.3, 0.4) is 0 Å². The normalized spacial score (nSPS) is 10.4. The predicted octanol–water partition coefficient (Wildman–Crippen LogP) is 4.57. The van der Waals surface area contributed by atoms with Gasteiger partial charge in [0.1, 0.15) is 22.9 Å². The average molecular weight is 437 g/mol. The Hall–Kier alpha value is -2.94. The second-order valence-electron chi connectivity index (χ2n) is 6.15. The summed E-state index contributed by atoms with van der Waals surface area (Å²) in [6.07, 6.45) is 0.589. The van der Waals surface area contributed by atoms with Crippen molar-refractivity contribution < 1.29 is 32.6 Å². The molecule has 0 aliphatic carbocycles. The van der Waals surface area contributed by atoms with Crippen LogP contribution in [0.4, 0.5) is 13.6 Å². The van der Waals surface area contributed by atoms with E-state index in [1.807, 2.05) is 6.92 Å². The van der Waals surface area contributed by atoms with Crippen LogP contribution in [0.25, 0.3) is 11.1 Å². The molecule has 2 aromatic carbocycles. The second kappa shape index (κ2) is 11.3. The smallest absolute Gasteiger partial charge is 0.372 e. The van der Waals surface area contributed by atoms with Gasteiger partial charge in [-0.25, -0.2) is 18.4 Å². The van der Waals surface area contributed by atoms with E-state index in [1.165, 1.54) is 31.2 Å². The highest BCUT2D eigenvalue weighted by atomic mass is 32.2. The number of hydrogen-bond acceptors (Lipinski definition) is 6. The van der Waals surface area contributed by atoms with Gasteiger partial charge in [0.15, 0.2) is 0 Å². The Morgan fingerprint density at radius 1 is 1.10 bits per heavy atom. The van der Waals surface area contributed by atoms with Crippen LogP contribution in [0, 0.1) is 11.6 Å². The Labute approximate surface area is 176 Å². The van der Waals surface area contributed by atoms with Gasteiger partial charge in [0.25, 0.3) is 0 Å². The van der Waals surface area contributed by atoms with E-state index in [2.05, 4.69) is 5.32 Å². The van der Waals surface area contributed by atoms with E-state index in [9.17, 15) is 23.2 Å². The molecule has 2 aromatic rings. The van der Waals surface area contributed by atoms with Crippen molar-refractivity contribution in [1.29, 1.82) is 0 Å². The SMILES string of the molecule is CCCOC(=O)c1cc(-c2ccc(F)cc2F)ccc1OC(=O)SCCNC(C)=O. The number of carbonyl (C=O) groups is 3. The number of thioether (sulfide) groups is 1. The average Bonchev–Trinajstić information content (AvgIpc) is 2.70. The van der Waals surface area contributed by atoms with Crippen molar-refractivity contribution in [3.8, 4) is 16.9 Å². The van der Waals surface area contributed by atoms with Crippen molar-refractivity contribution >= 4 is 28.9 Å². The maximum absolute atomic E-state index is 14.1. The van der Waals surface area contributed by atoms with E-state index >= 15 is 0 Å². The molecule has 1 N–H and O–H groups in total. The molecule has 0 aliphatic rings. The van der Waals surface area contributed by atoms with Gasteiger partial charge in [-0.3, -0.25) is 4.79 Å². The molecule has 30 heavy (non-hydrogen) atoms. The summed E-state index contributed by atoms with van der Waals surface area (Å²) in [5.74, 6) is -2.21. The minimum absolute atomic E-state index is 0.0422. The molecule has 0 bridgehead atoms. The highest BCUT2D eigenvalue weighted by Gasteiger charge is 2.19. The molecule has 0 aromatic heterocycles. The van der Waals surface area contributed by atoms with E-state index in [-0.39, 0.29) is 41.7 Å². The minimum Gasteiger partial charge on any atom is -0.462 e. The Morgan fingerprint density at radius 3 is 2.53 bits per heavy atom. The molecule has 0 aliphatic heterocycles. The lowest BCUT2D eigenvalue weighted by Gasteiger charge is -2.12. The summed E-state index contributed by atoms with van der Waals surface area (Å²) in [5, 5.41) is 1.87. The number of amides is 1. The van der Waals surface area contributed by atoms with Gasteiger partial charge in [-0.15, -0.1) is 0 Å². The minimum atomic E-state index is -0.791. The zero-order chi connectivity index (χ0) is 22.1. The molecule has 0 spiro atoms. The molecule has 0 saturated heterocycles. The molecule has 0 unspecified atom stereocenters. The summed E-state index contributed by atoms with van der Waals surface area (Å²) in [4.78, 5) is 35.4. The van der Waals surface area contributed by atoms with Crippen LogP contribution < -0.4 is 10.1 Å². The van der Waals surface area contributed by atoms with Gasteiger partial charge in [-0.2, -0.15) is 0 Å². The summed E-state index contributed by atoms with van der Waals surface area (Å²) in [6.45, 7) is 3.63. The van der Waals surface area contributed by atoms with Gasteiger partial charge >= 0.3 is 11.3 Å². The first-order chi connectivity index (χ1) is 14.3. The third kappa shape index (κ3) is 6.84. The predicted molar refractivity (Wildman–Crippen MR) is 110 cm³/mol. The van der Waals surface area contributed by atoms with Crippen molar-refractivity contribution in [3.05, 3.63) is 53.6 Å². The number of rotatable bonds is 8. The van der Waals surface area contributed by atoms with Gasteiger partial charge in [-0.1, -0.05) is 13.0 Å². The van der Waals surface area contributed by atoms with E-state index in [0.717, 1.165) is 23.9 Å². The molecule has 0 atom stereocenters. The summed E-state index contributed by atoms with van der Waals surface area (Å²) >= 11 is 0.827. The Balaban J connectivity index is 2.24. The zero-order valence-electron chi connectivity index (χ0n) is 16.5.